The fourth-order valence-corrected chi connectivity index (χ4v) is 3.70. The molecule has 3 aromatic rings. The number of hydrogen-bond donors (Lipinski definition) is 0. The Morgan fingerprint density at radius 1 is 1.39 bits per heavy atom. The Morgan fingerprint density at radius 2 is 2.22 bits per heavy atom. The Balaban J connectivity index is 1.63. The molecule has 0 N–H and O–H groups in total. The monoisotopic (exact) mass is 349 g/mol. The highest BCUT2D eigenvalue weighted by Gasteiger charge is 2.30. The van der Waals surface area contributed by atoms with Gasteiger partial charge in [0.05, 0.1) is 28.5 Å². The molecule has 4 rings (SSSR count). The number of nitrogens with zero attached hydrogens (tertiary/aromatic N) is 3. The van der Waals surface area contributed by atoms with Gasteiger partial charge in [-0.05, 0) is 24.3 Å². The average molecular weight is 350 g/mol. The number of carbonyl (C=O) groups excluding carboxylic acids is 1. The normalized spacial score (nSPS) is 15.1. The van der Waals surface area contributed by atoms with Crippen LogP contribution in [0.4, 0.5) is 4.39 Å². The first kappa shape index (κ1) is 14.7. The molecule has 1 fully saturated rings. The van der Waals surface area contributed by atoms with Crippen LogP contribution in [0.25, 0.3) is 21.5 Å². The zero-order valence-electron chi connectivity index (χ0n) is 12.1. The molecule has 4 nitrogen and oxygen atoms in total. The molecule has 1 aliphatic rings. The van der Waals surface area contributed by atoms with Crippen LogP contribution >= 0.6 is 22.9 Å². The third-order valence-corrected chi connectivity index (χ3v) is 5.25. The molecule has 4 heterocycles. The minimum Gasteiger partial charge on any atom is -0.337 e. The lowest BCUT2D eigenvalue weighted by Crippen LogP contribution is -2.52. The summed E-state index contributed by atoms with van der Waals surface area (Å²) >= 11 is 7.48. The number of alkyl halides is 1. The second-order valence-electron chi connectivity index (χ2n) is 5.57. The molecule has 1 aliphatic heterocycles. The van der Waals surface area contributed by atoms with Gasteiger partial charge in [-0.2, -0.15) is 0 Å². The van der Waals surface area contributed by atoms with E-state index in [-0.39, 0.29) is 25.5 Å². The predicted octanol–water partition coefficient (Wildman–Crippen LogP) is 3.60. The van der Waals surface area contributed by atoms with Crippen molar-refractivity contribution < 1.29 is 9.18 Å². The van der Waals surface area contributed by atoms with Crippen molar-refractivity contribution in [3.05, 3.63) is 41.0 Å². The topological polar surface area (TPSA) is 38.1 Å². The lowest BCUT2D eigenvalue weighted by molar-refractivity contribution is -0.138. The SMILES string of the molecule is O=C(Cn1ccc2ncc(-c3ccc(Cl)s3)cc21)N1CC(F)C1. The van der Waals surface area contributed by atoms with Crippen LogP contribution in [-0.2, 0) is 11.3 Å². The van der Waals surface area contributed by atoms with Crippen molar-refractivity contribution >= 4 is 39.9 Å². The van der Waals surface area contributed by atoms with Crippen LogP contribution in [0, 0.1) is 0 Å². The summed E-state index contributed by atoms with van der Waals surface area (Å²) in [7, 11) is 0. The molecule has 0 spiro atoms. The van der Waals surface area contributed by atoms with E-state index in [2.05, 4.69) is 4.98 Å². The molecular weight excluding hydrogens is 337 g/mol. The van der Waals surface area contributed by atoms with Gasteiger partial charge in [0.25, 0.3) is 0 Å². The summed E-state index contributed by atoms with van der Waals surface area (Å²) in [6.07, 6.45) is 2.77. The molecule has 0 atom stereocenters. The quantitative estimate of drug-likeness (QED) is 0.724. The van der Waals surface area contributed by atoms with E-state index in [1.807, 2.05) is 35.0 Å². The average Bonchev–Trinajstić information content (AvgIpc) is 3.10. The Labute approximate surface area is 141 Å². The first-order valence-corrected chi connectivity index (χ1v) is 8.42. The smallest absolute Gasteiger partial charge is 0.242 e. The lowest BCUT2D eigenvalue weighted by atomic mass is 10.2. The van der Waals surface area contributed by atoms with Crippen LogP contribution in [0.15, 0.2) is 36.7 Å². The zero-order chi connectivity index (χ0) is 16.0. The van der Waals surface area contributed by atoms with Crippen molar-refractivity contribution in [2.75, 3.05) is 13.1 Å². The Bertz CT molecular complexity index is 884. The number of thiophene rings is 1. The number of fused-ring (bicyclic) bond motifs is 1. The maximum atomic E-state index is 12.9. The van der Waals surface area contributed by atoms with Crippen LogP contribution in [0.3, 0.4) is 0 Å². The number of carbonyl (C=O) groups is 1. The Hall–Kier alpha value is -1.92. The molecule has 0 aliphatic carbocycles. The summed E-state index contributed by atoms with van der Waals surface area (Å²) in [4.78, 5) is 19.2. The highest BCUT2D eigenvalue weighted by atomic mass is 35.5. The highest BCUT2D eigenvalue weighted by Crippen LogP contribution is 2.32. The van der Waals surface area contributed by atoms with Crippen molar-refractivity contribution in [1.82, 2.24) is 14.5 Å². The first-order chi connectivity index (χ1) is 11.1. The van der Waals surface area contributed by atoms with E-state index in [1.165, 1.54) is 16.2 Å². The van der Waals surface area contributed by atoms with Crippen molar-refractivity contribution in [1.29, 1.82) is 0 Å². The molecule has 1 saturated heterocycles. The molecule has 0 radical (unpaired) electrons. The molecule has 0 saturated carbocycles. The summed E-state index contributed by atoms with van der Waals surface area (Å²) in [6, 6.07) is 7.69. The lowest BCUT2D eigenvalue weighted by Gasteiger charge is -2.34. The minimum absolute atomic E-state index is 0.0685. The van der Waals surface area contributed by atoms with Crippen molar-refractivity contribution in [2.45, 2.75) is 12.7 Å². The van der Waals surface area contributed by atoms with Gasteiger partial charge >= 0.3 is 0 Å². The van der Waals surface area contributed by atoms with Gasteiger partial charge in [-0.15, -0.1) is 11.3 Å². The molecule has 0 aromatic carbocycles. The predicted molar refractivity (Wildman–Crippen MR) is 89.5 cm³/mol. The summed E-state index contributed by atoms with van der Waals surface area (Å²) in [5.74, 6) is -0.0685. The van der Waals surface area contributed by atoms with Crippen molar-refractivity contribution in [3.63, 3.8) is 0 Å². The van der Waals surface area contributed by atoms with Crippen LogP contribution in [0.2, 0.25) is 4.34 Å². The summed E-state index contributed by atoms with van der Waals surface area (Å²) in [5, 5.41) is 0. The highest BCUT2D eigenvalue weighted by molar-refractivity contribution is 7.19. The number of aromatic nitrogens is 2. The van der Waals surface area contributed by atoms with E-state index in [0.29, 0.717) is 0 Å². The van der Waals surface area contributed by atoms with Crippen molar-refractivity contribution in [3.8, 4) is 10.4 Å². The molecular formula is C16H13ClFN3OS. The molecule has 0 bridgehead atoms. The Morgan fingerprint density at radius 3 is 2.91 bits per heavy atom. The molecule has 118 valence electrons. The molecule has 1 amide bonds. The maximum absolute atomic E-state index is 12.9. The second kappa shape index (κ2) is 5.62. The van der Waals surface area contributed by atoms with Crippen LogP contribution in [0.5, 0.6) is 0 Å². The first-order valence-electron chi connectivity index (χ1n) is 7.22. The van der Waals surface area contributed by atoms with Crippen LogP contribution in [-0.4, -0.2) is 39.6 Å². The Kier molecular flexibility index (Phi) is 3.58. The second-order valence-corrected chi connectivity index (χ2v) is 7.29. The van der Waals surface area contributed by atoms with E-state index >= 15 is 0 Å². The van der Waals surface area contributed by atoms with Gasteiger partial charge < -0.3 is 9.47 Å². The van der Waals surface area contributed by atoms with Crippen molar-refractivity contribution in [2.24, 2.45) is 0 Å². The summed E-state index contributed by atoms with van der Waals surface area (Å²) < 4.78 is 15.5. The van der Waals surface area contributed by atoms with E-state index < -0.39 is 6.17 Å². The number of likely N-dealkylation sites (tertiary alicyclic amines) is 1. The van der Waals surface area contributed by atoms with Gasteiger partial charge in [0.2, 0.25) is 5.91 Å². The minimum atomic E-state index is -0.878. The van der Waals surface area contributed by atoms with E-state index in [0.717, 1.165) is 25.8 Å². The standard InChI is InChI=1S/C16H13ClFN3OS/c17-15-2-1-14(23-15)10-5-13-12(19-6-10)3-4-20(13)9-16(22)21-7-11(18)8-21/h1-6,11H,7-9H2. The maximum Gasteiger partial charge on any atom is 0.242 e. The third kappa shape index (κ3) is 2.72. The third-order valence-electron chi connectivity index (χ3n) is 3.97. The molecule has 23 heavy (non-hydrogen) atoms. The largest absolute Gasteiger partial charge is 0.337 e. The molecule has 0 unspecified atom stereocenters. The number of amides is 1. The van der Waals surface area contributed by atoms with Gasteiger partial charge in [0.1, 0.15) is 12.7 Å². The van der Waals surface area contributed by atoms with E-state index in [9.17, 15) is 9.18 Å². The van der Waals surface area contributed by atoms with E-state index in [1.54, 1.807) is 6.20 Å². The molecule has 7 heteroatoms. The fraction of sp³-hybridized carbons (Fsp3) is 0.250. The van der Waals surface area contributed by atoms with Gasteiger partial charge in [-0.1, -0.05) is 11.6 Å². The van der Waals surface area contributed by atoms with Gasteiger partial charge in [-0.3, -0.25) is 9.78 Å². The number of halogens is 2. The van der Waals surface area contributed by atoms with Gasteiger partial charge in [0, 0.05) is 22.8 Å². The summed E-state index contributed by atoms with van der Waals surface area (Å²) in [6.45, 7) is 0.608. The fourth-order valence-electron chi connectivity index (χ4n) is 2.68. The number of pyridine rings is 1. The van der Waals surface area contributed by atoms with Crippen LogP contribution < -0.4 is 0 Å². The zero-order valence-corrected chi connectivity index (χ0v) is 13.6. The van der Waals surface area contributed by atoms with Gasteiger partial charge in [0.15, 0.2) is 0 Å². The summed E-state index contributed by atoms with van der Waals surface area (Å²) in [5.41, 5.74) is 2.68. The number of rotatable bonds is 3. The van der Waals surface area contributed by atoms with Crippen LogP contribution in [0.1, 0.15) is 0 Å². The van der Waals surface area contributed by atoms with Gasteiger partial charge in [-0.25, -0.2) is 4.39 Å². The number of hydrogen-bond acceptors (Lipinski definition) is 3. The van der Waals surface area contributed by atoms with E-state index in [4.69, 9.17) is 11.6 Å². The molecule has 3 aromatic heterocycles.